The molecule has 1 atom stereocenters. The van der Waals surface area contributed by atoms with E-state index in [0.717, 1.165) is 6.04 Å². The van der Waals surface area contributed by atoms with Gasteiger partial charge in [0.05, 0.1) is 0 Å². The Bertz CT molecular complexity index is 231. The highest BCUT2D eigenvalue weighted by molar-refractivity contribution is 4.80. The van der Waals surface area contributed by atoms with Gasteiger partial charge in [-0.3, -0.25) is 0 Å². The summed E-state index contributed by atoms with van der Waals surface area (Å²) in [5.41, 5.74) is 0.587. The van der Waals surface area contributed by atoms with Gasteiger partial charge >= 0.3 is 0 Å². The third-order valence-corrected chi connectivity index (χ3v) is 4.89. The molecule has 0 aromatic carbocycles. The van der Waals surface area contributed by atoms with Crippen molar-refractivity contribution < 1.29 is 0 Å². The van der Waals surface area contributed by atoms with E-state index < -0.39 is 0 Å². The zero-order valence-corrected chi connectivity index (χ0v) is 12.5. The van der Waals surface area contributed by atoms with Gasteiger partial charge in [-0.15, -0.1) is 0 Å². The first kappa shape index (κ1) is 14.3. The first-order valence-electron chi connectivity index (χ1n) is 8.11. The van der Waals surface area contributed by atoms with Crippen molar-refractivity contribution in [3.63, 3.8) is 0 Å². The highest BCUT2D eigenvalue weighted by Gasteiger charge is 2.23. The fourth-order valence-electron chi connectivity index (χ4n) is 3.48. The Hall–Kier alpha value is -0.0800. The van der Waals surface area contributed by atoms with Crippen LogP contribution in [0.5, 0.6) is 0 Å². The van der Waals surface area contributed by atoms with Crippen molar-refractivity contribution in [3.8, 4) is 0 Å². The van der Waals surface area contributed by atoms with E-state index in [2.05, 4.69) is 24.1 Å². The Labute approximate surface area is 114 Å². The minimum atomic E-state index is 0.587. The number of piperidine rings is 1. The standard InChI is InChI=1S/C16H32N2/c1-16(2)9-6-7-15(8-10-16)17-11-14-18-12-4-3-5-13-18/h15,17H,3-14H2,1-2H3. The van der Waals surface area contributed by atoms with Gasteiger partial charge in [0, 0.05) is 19.1 Å². The predicted octanol–water partition coefficient (Wildman–Crippen LogP) is 3.42. The molecule has 1 saturated carbocycles. The average Bonchev–Trinajstić information content (AvgIpc) is 2.52. The van der Waals surface area contributed by atoms with E-state index in [9.17, 15) is 0 Å². The number of hydrogen-bond acceptors (Lipinski definition) is 2. The molecule has 0 bridgehead atoms. The second-order valence-corrected chi connectivity index (χ2v) is 7.15. The smallest absolute Gasteiger partial charge is 0.0107 e. The van der Waals surface area contributed by atoms with E-state index in [1.807, 2.05) is 0 Å². The monoisotopic (exact) mass is 252 g/mol. The van der Waals surface area contributed by atoms with Gasteiger partial charge in [-0.1, -0.05) is 26.7 Å². The van der Waals surface area contributed by atoms with Crippen molar-refractivity contribution in [2.75, 3.05) is 26.2 Å². The molecule has 2 nitrogen and oxygen atoms in total. The second-order valence-electron chi connectivity index (χ2n) is 7.15. The maximum atomic E-state index is 3.80. The van der Waals surface area contributed by atoms with E-state index in [-0.39, 0.29) is 0 Å². The minimum Gasteiger partial charge on any atom is -0.313 e. The quantitative estimate of drug-likeness (QED) is 0.771. The molecule has 1 heterocycles. The molecule has 18 heavy (non-hydrogen) atoms. The molecule has 2 heteroatoms. The molecule has 106 valence electrons. The molecule has 1 saturated heterocycles. The van der Waals surface area contributed by atoms with E-state index in [4.69, 9.17) is 0 Å². The molecule has 0 aromatic rings. The molecule has 2 aliphatic rings. The summed E-state index contributed by atoms with van der Waals surface area (Å²) in [5, 5.41) is 3.80. The number of hydrogen-bond donors (Lipinski definition) is 1. The first-order valence-corrected chi connectivity index (χ1v) is 8.11. The highest BCUT2D eigenvalue weighted by atomic mass is 15.1. The molecule has 1 aliphatic carbocycles. The lowest BCUT2D eigenvalue weighted by Crippen LogP contribution is -2.39. The Morgan fingerprint density at radius 1 is 1.00 bits per heavy atom. The predicted molar refractivity (Wildman–Crippen MR) is 78.9 cm³/mol. The summed E-state index contributed by atoms with van der Waals surface area (Å²) in [6.45, 7) is 10.00. The molecule has 0 radical (unpaired) electrons. The van der Waals surface area contributed by atoms with Gasteiger partial charge in [0.15, 0.2) is 0 Å². The summed E-state index contributed by atoms with van der Waals surface area (Å²) in [7, 11) is 0. The summed E-state index contributed by atoms with van der Waals surface area (Å²) in [5.74, 6) is 0. The Morgan fingerprint density at radius 2 is 1.78 bits per heavy atom. The van der Waals surface area contributed by atoms with Gasteiger partial charge in [-0.05, 0) is 57.0 Å². The first-order chi connectivity index (χ1) is 8.66. The second kappa shape index (κ2) is 6.91. The maximum absolute atomic E-state index is 3.80. The van der Waals surface area contributed by atoms with E-state index in [0.29, 0.717) is 5.41 Å². The molecule has 1 unspecified atom stereocenters. The van der Waals surface area contributed by atoms with E-state index in [1.165, 1.54) is 77.5 Å². The van der Waals surface area contributed by atoms with Gasteiger partial charge in [0.1, 0.15) is 0 Å². The van der Waals surface area contributed by atoms with E-state index >= 15 is 0 Å². The summed E-state index contributed by atoms with van der Waals surface area (Å²) in [6, 6.07) is 0.788. The van der Waals surface area contributed by atoms with Crippen LogP contribution in [0.2, 0.25) is 0 Å². The van der Waals surface area contributed by atoms with Crippen molar-refractivity contribution >= 4 is 0 Å². The summed E-state index contributed by atoms with van der Waals surface area (Å²) in [4.78, 5) is 2.64. The number of nitrogens with zero attached hydrogens (tertiary/aromatic N) is 1. The van der Waals surface area contributed by atoms with Crippen LogP contribution < -0.4 is 5.32 Å². The van der Waals surface area contributed by atoms with E-state index in [1.54, 1.807) is 0 Å². The third-order valence-electron chi connectivity index (χ3n) is 4.89. The van der Waals surface area contributed by atoms with Crippen molar-refractivity contribution in [1.29, 1.82) is 0 Å². The van der Waals surface area contributed by atoms with Crippen molar-refractivity contribution in [2.24, 2.45) is 5.41 Å². The van der Waals surface area contributed by atoms with Gasteiger partial charge in [0.2, 0.25) is 0 Å². The molecule has 0 spiro atoms. The Morgan fingerprint density at radius 3 is 2.56 bits per heavy atom. The normalized spacial score (nSPS) is 30.0. The van der Waals surface area contributed by atoms with Gasteiger partial charge in [0.25, 0.3) is 0 Å². The van der Waals surface area contributed by atoms with Crippen LogP contribution in [0.4, 0.5) is 0 Å². The summed E-state index contributed by atoms with van der Waals surface area (Å²) < 4.78 is 0. The van der Waals surface area contributed by atoms with Crippen LogP contribution in [0.25, 0.3) is 0 Å². The molecule has 0 amide bonds. The highest BCUT2D eigenvalue weighted by Crippen LogP contribution is 2.33. The molecule has 1 N–H and O–H groups in total. The topological polar surface area (TPSA) is 15.3 Å². The van der Waals surface area contributed by atoms with Crippen LogP contribution in [-0.2, 0) is 0 Å². The molecular weight excluding hydrogens is 220 g/mol. The van der Waals surface area contributed by atoms with Crippen LogP contribution in [-0.4, -0.2) is 37.1 Å². The zero-order valence-electron chi connectivity index (χ0n) is 12.5. The van der Waals surface area contributed by atoms with Crippen LogP contribution in [0.15, 0.2) is 0 Å². The van der Waals surface area contributed by atoms with Crippen molar-refractivity contribution in [2.45, 2.75) is 71.3 Å². The lowest BCUT2D eigenvalue weighted by atomic mass is 9.85. The number of nitrogens with one attached hydrogen (secondary N) is 1. The van der Waals surface area contributed by atoms with Crippen LogP contribution >= 0.6 is 0 Å². The molecule has 2 fully saturated rings. The lowest BCUT2D eigenvalue weighted by molar-refractivity contribution is 0.224. The summed E-state index contributed by atoms with van der Waals surface area (Å²) in [6.07, 6.45) is 11.3. The van der Waals surface area contributed by atoms with Gasteiger partial charge in [-0.25, -0.2) is 0 Å². The minimum absolute atomic E-state index is 0.587. The molecular formula is C16H32N2. The van der Waals surface area contributed by atoms with Crippen molar-refractivity contribution in [1.82, 2.24) is 10.2 Å². The third kappa shape index (κ3) is 4.89. The molecule has 2 rings (SSSR count). The zero-order chi connectivity index (χ0) is 12.8. The Balaban J connectivity index is 1.61. The maximum Gasteiger partial charge on any atom is 0.0107 e. The fraction of sp³-hybridized carbons (Fsp3) is 1.00. The number of likely N-dealkylation sites (tertiary alicyclic amines) is 1. The Kier molecular flexibility index (Phi) is 5.50. The fourth-order valence-corrected chi connectivity index (χ4v) is 3.48. The molecule has 0 aromatic heterocycles. The van der Waals surface area contributed by atoms with Crippen molar-refractivity contribution in [3.05, 3.63) is 0 Å². The number of rotatable bonds is 4. The van der Waals surface area contributed by atoms with Crippen LogP contribution in [0, 0.1) is 5.41 Å². The largest absolute Gasteiger partial charge is 0.313 e. The van der Waals surface area contributed by atoms with Crippen LogP contribution in [0.1, 0.15) is 65.2 Å². The van der Waals surface area contributed by atoms with Gasteiger partial charge < -0.3 is 10.2 Å². The lowest BCUT2D eigenvalue weighted by Gasteiger charge is -2.27. The SMILES string of the molecule is CC1(C)CCCC(NCCN2CCCCC2)CC1. The molecule has 1 aliphatic heterocycles. The average molecular weight is 252 g/mol. The summed E-state index contributed by atoms with van der Waals surface area (Å²) >= 11 is 0. The van der Waals surface area contributed by atoms with Gasteiger partial charge in [-0.2, -0.15) is 0 Å². The van der Waals surface area contributed by atoms with Crippen LogP contribution in [0.3, 0.4) is 0 Å².